The number of Topliss-reactive ketones (excluding diaryl/α,β-unsaturated/α-hetero) is 4. The maximum atomic E-state index is 12.1. The first-order chi connectivity index (χ1) is 45.4. The minimum Gasteiger partial charge on any atom is -0.441 e. The molecule has 9 aromatic rings. The third-order valence-electron chi connectivity index (χ3n) is 15.3. The molecule has 0 saturated heterocycles. The van der Waals surface area contributed by atoms with Crippen LogP contribution in [0, 0.1) is 48.5 Å². The number of rotatable bonds is 34. The van der Waals surface area contributed by atoms with Gasteiger partial charge in [-0.1, -0.05) is 150 Å². The third kappa shape index (κ3) is 28.3. The van der Waals surface area contributed by atoms with Crippen LogP contribution in [0.5, 0.6) is 0 Å². The summed E-state index contributed by atoms with van der Waals surface area (Å²) in [5, 5.41) is 0. The van der Waals surface area contributed by atoms with E-state index < -0.39 is 0 Å². The Morgan fingerprint density at radius 1 is 0.337 bits per heavy atom. The SMILES string of the molecule is C.CCCCC(=O)CSCc1nc(-c2ccc(C)cc2)oc1C.CCCCC(=O)CSCc1nc(-c2ccc(C)cc2)oc1C.CCCCC(=O)CSCc1nc(-c2ccc(CC)cc2)oc1C.Cc1ccc(-c2nc(CSCC(=O)CCCc3ccccc3)c(C)o2)cc1. The van der Waals surface area contributed by atoms with E-state index in [-0.39, 0.29) is 7.43 Å². The summed E-state index contributed by atoms with van der Waals surface area (Å²) in [6.45, 7) is 22.4. The van der Waals surface area contributed by atoms with Crippen LogP contribution in [0.4, 0.5) is 0 Å². The van der Waals surface area contributed by atoms with Gasteiger partial charge in [0.15, 0.2) is 0 Å². The highest BCUT2D eigenvalue weighted by atomic mass is 32.2. The lowest BCUT2D eigenvalue weighted by molar-refractivity contribution is -0.117. The van der Waals surface area contributed by atoms with Gasteiger partial charge in [-0.3, -0.25) is 19.2 Å². The number of aryl methyl sites for hydroxylation is 9. The summed E-state index contributed by atoms with van der Waals surface area (Å²) < 4.78 is 23.1. The van der Waals surface area contributed by atoms with Gasteiger partial charge in [0.05, 0.1) is 45.8 Å². The van der Waals surface area contributed by atoms with E-state index in [0.29, 0.717) is 101 Å². The van der Waals surface area contributed by atoms with Gasteiger partial charge in [-0.15, -0.1) is 47.0 Å². The van der Waals surface area contributed by atoms with E-state index in [1.54, 1.807) is 47.0 Å². The Balaban J connectivity index is 0.000000229. The number of ketones is 4. The van der Waals surface area contributed by atoms with E-state index in [4.69, 9.17) is 17.7 Å². The molecule has 0 spiro atoms. The molecule has 5 aromatic carbocycles. The molecule has 0 saturated carbocycles. The Bertz CT molecular complexity index is 3590. The van der Waals surface area contributed by atoms with E-state index >= 15 is 0 Å². The first-order valence-corrected chi connectivity index (χ1v) is 37.6. The molecule has 0 unspecified atom stereocenters. The minimum absolute atomic E-state index is 0. The predicted molar refractivity (Wildman–Crippen MR) is 400 cm³/mol. The highest BCUT2D eigenvalue weighted by Crippen LogP contribution is 2.29. The smallest absolute Gasteiger partial charge is 0.226 e. The highest BCUT2D eigenvalue weighted by molar-refractivity contribution is 7.99. The first kappa shape index (κ1) is 78.7. The molecule has 12 nitrogen and oxygen atoms in total. The number of hydrogen-bond donors (Lipinski definition) is 0. The number of nitrogens with zero attached hydrogens (tertiary/aromatic N) is 4. The van der Waals surface area contributed by atoms with E-state index in [1.165, 1.54) is 27.8 Å². The molecule has 4 aromatic heterocycles. The van der Waals surface area contributed by atoms with Crippen LogP contribution in [0.2, 0.25) is 0 Å². The van der Waals surface area contributed by atoms with Crippen LogP contribution < -0.4 is 0 Å². The van der Waals surface area contributed by atoms with Crippen molar-refractivity contribution >= 4 is 70.2 Å². The molecular weight excluding hydrogens is 1260 g/mol. The lowest BCUT2D eigenvalue weighted by Gasteiger charge is -2.02. The van der Waals surface area contributed by atoms with Crippen molar-refractivity contribution in [2.24, 2.45) is 0 Å². The van der Waals surface area contributed by atoms with Gasteiger partial charge in [0, 0.05) is 70.9 Å². The molecule has 0 aliphatic rings. The zero-order valence-electron chi connectivity index (χ0n) is 57.2. The topological polar surface area (TPSA) is 172 Å². The van der Waals surface area contributed by atoms with Crippen molar-refractivity contribution in [2.75, 3.05) is 23.0 Å². The van der Waals surface area contributed by atoms with Gasteiger partial charge < -0.3 is 17.7 Å². The molecule has 508 valence electrons. The number of benzene rings is 5. The highest BCUT2D eigenvalue weighted by Gasteiger charge is 2.17. The maximum Gasteiger partial charge on any atom is 0.226 e. The molecule has 0 bridgehead atoms. The molecule has 0 N–H and O–H groups in total. The predicted octanol–water partition coefficient (Wildman–Crippen LogP) is 21.5. The average molecular weight is 1360 g/mol. The van der Waals surface area contributed by atoms with Crippen LogP contribution >= 0.6 is 47.0 Å². The summed E-state index contributed by atoms with van der Waals surface area (Å²) in [7, 11) is 0. The van der Waals surface area contributed by atoms with Gasteiger partial charge in [0.25, 0.3) is 0 Å². The van der Waals surface area contributed by atoms with Crippen LogP contribution in [-0.4, -0.2) is 66.1 Å². The van der Waals surface area contributed by atoms with Crippen molar-refractivity contribution in [3.63, 3.8) is 0 Å². The van der Waals surface area contributed by atoms with Crippen LogP contribution in [0.25, 0.3) is 45.8 Å². The molecule has 4 heterocycles. The van der Waals surface area contributed by atoms with Gasteiger partial charge in [0.2, 0.25) is 23.6 Å². The first-order valence-electron chi connectivity index (χ1n) is 33.0. The van der Waals surface area contributed by atoms with Crippen molar-refractivity contribution < 1.29 is 36.8 Å². The van der Waals surface area contributed by atoms with Crippen molar-refractivity contribution in [1.29, 1.82) is 0 Å². The van der Waals surface area contributed by atoms with Crippen molar-refractivity contribution in [3.8, 4) is 45.8 Å². The number of oxazole rings is 4. The fourth-order valence-electron chi connectivity index (χ4n) is 9.30. The Kier molecular flexibility index (Phi) is 35.8. The summed E-state index contributed by atoms with van der Waals surface area (Å²) in [4.78, 5) is 65.5. The molecule has 0 radical (unpaired) electrons. The fraction of sp³-hybridized carbons (Fsp3) is 0.418. The number of aromatic nitrogens is 4. The quantitative estimate of drug-likeness (QED) is 0.0372. The van der Waals surface area contributed by atoms with E-state index in [2.05, 4.69) is 141 Å². The maximum absolute atomic E-state index is 12.1. The number of unbranched alkanes of at least 4 members (excludes halogenated alkanes) is 3. The van der Waals surface area contributed by atoms with Crippen molar-refractivity contribution in [2.45, 2.75) is 190 Å². The van der Waals surface area contributed by atoms with Gasteiger partial charge in [-0.25, -0.2) is 19.9 Å². The summed E-state index contributed by atoms with van der Waals surface area (Å²) in [6, 6.07) is 43.1. The standard InChI is InChI=1S/C23H25NO2S.C19H25NO2S.2C18H23NO2S.CH4/c1-17-11-13-20(14-12-17)23-24-22(18(2)26-23)16-27-15-21(25)10-6-9-19-7-4-3-5-8-19;1-4-6-7-17(21)12-23-13-18-14(3)22-19(20-18)16-10-8-15(5-2)9-11-16;2*1-4-5-6-16(20)11-22-12-17-14(3)21-18(19-17)15-9-7-13(2)8-10-15;/h3-5,7-8,11-14H,6,9-10,15-16H2,1-2H3;8-11H,4-7,12-13H2,1-3H3;2*7-10H,4-6,11-12H2,1-3H3;1H4. The van der Waals surface area contributed by atoms with Crippen LogP contribution in [-0.2, 0) is 55.0 Å². The number of carbonyl (C=O) groups is 4. The number of thioether (sulfide) groups is 4. The zero-order chi connectivity index (χ0) is 67.6. The summed E-state index contributed by atoms with van der Waals surface area (Å²) in [6.07, 6.45) is 11.8. The zero-order valence-corrected chi connectivity index (χ0v) is 60.4. The Hall–Kier alpha value is -6.98. The number of hydrogen-bond acceptors (Lipinski definition) is 16. The lowest BCUT2D eigenvalue weighted by Crippen LogP contribution is -2.02. The van der Waals surface area contributed by atoms with E-state index in [0.717, 1.165) is 143 Å². The van der Waals surface area contributed by atoms with Gasteiger partial charge >= 0.3 is 0 Å². The molecular formula is C79H100N4O8S4. The molecule has 0 fully saturated rings. The van der Waals surface area contributed by atoms with Gasteiger partial charge in [0.1, 0.15) is 46.2 Å². The average Bonchev–Trinajstić information content (AvgIpc) is 1.75. The summed E-state index contributed by atoms with van der Waals surface area (Å²) in [5.74, 6) is 12.3. The second kappa shape index (κ2) is 43.2. The van der Waals surface area contributed by atoms with E-state index in [1.807, 2.05) is 82.3 Å². The minimum atomic E-state index is 0. The molecule has 0 amide bonds. The second-order valence-corrected chi connectivity index (χ2v) is 27.5. The number of carbonyl (C=O) groups excluding carboxylic acids is 4. The molecule has 9 rings (SSSR count). The normalized spacial score (nSPS) is 10.8. The molecule has 0 aliphatic carbocycles. The molecule has 16 heteroatoms. The second-order valence-electron chi connectivity index (χ2n) is 23.5. The largest absolute Gasteiger partial charge is 0.441 e. The van der Waals surface area contributed by atoms with Crippen LogP contribution in [0.15, 0.2) is 145 Å². The van der Waals surface area contributed by atoms with Gasteiger partial charge in [-0.05, 0) is 147 Å². The third-order valence-corrected chi connectivity index (χ3v) is 19.3. The van der Waals surface area contributed by atoms with Crippen LogP contribution in [0.1, 0.15) is 179 Å². The van der Waals surface area contributed by atoms with Gasteiger partial charge in [-0.2, -0.15) is 0 Å². The molecule has 0 atom stereocenters. The Morgan fingerprint density at radius 2 is 0.600 bits per heavy atom. The van der Waals surface area contributed by atoms with Crippen LogP contribution in [0.3, 0.4) is 0 Å². The van der Waals surface area contributed by atoms with Crippen molar-refractivity contribution in [1.82, 2.24) is 19.9 Å². The Morgan fingerprint density at radius 3 is 0.863 bits per heavy atom. The molecule has 0 aliphatic heterocycles. The Labute approximate surface area is 583 Å². The lowest BCUT2D eigenvalue weighted by atomic mass is 10.1. The fourth-order valence-corrected chi connectivity index (χ4v) is 13.0. The summed E-state index contributed by atoms with van der Waals surface area (Å²) >= 11 is 6.47. The summed E-state index contributed by atoms with van der Waals surface area (Å²) in [5.41, 5.74) is 13.9. The molecule has 95 heavy (non-hydrogen) atoms. The van der Waals surface area contributed by atoms with Crippen molar-refractivity contribution in [3.05, 3.63) is 201 Å². The monoisotopic (exact) mass is 1360 g/mol. The van der Waals surface area contributed by atoms with E-state index in [9.17, 15) is 19.2 Å².